The average Bonchev–Trinajstić information content (AvgIpc) is 3.02. The van der Waals surface area contributed by atoms with Crippen LogP contribution in [0, 0.1) is 5.82 Å². The minimum absolute atomic E-state index is 0.0521. The first-order chi connectivity index (χ1) is 20.8. The second-order valence-electron chi connectivity index (χ2n) is 10.0. The van der Waals surface area contributed by atoms with Crippen molar-refractivity contribution >= 4 is 26.6 Å². The molecule has 5 aromatic rings. The quantitative estimate of drug-likeness (QED) is 0.281. The molecule has 6 rings (SSSR count). The van der Waals surface area contributed by atoms with E-state index >= 15 is 0 Å². The number of methoxy groups -OCH3 is 1. The summed E-state index contributed by atoms with van der Waals surface area (Å²) in [6, 6.07) is 19.1. The number of fused-ring (bicyclic) bond motifs is 1. The number of nitrogens with zero attached hydrogens (tertiary/aromatic N) is 4. The Morgan fingerprint density at radius 1 is 0.953 bits per heavy atom. The normalized spacial score (nSPS) is 14.1. The lowest BCUT2D eigenvalue weighted by Gasteiger charge is -2.26. The third-order valence-electron chi connectivity index (χ3n) is 7.23. The zero-order valence-corrected chi connectivity index (χ0v) is 24.1. The Bertz CT molecular complexity index is 1940. The van der Waals surface area contributed by atoms with Gasteiger partial charge in [-0.3, -0.25) is 19.0 Å². The first kappa shape index (κ1) is 28.5. The zero-order valence-electron chi connectivity index (χ0n) is 23.2. The van der Waals surface area contributed by atoms with Crippen LogP contribution in [-0.4, -0.2) is 61.3 Å². The SMILES string of the molecule is COc1ncc(-c2ccc3ncn(-c4ccc(CN5CCOCC5)cc4)c(=O)c3c2)cc1NS(=O)(=O)c1ccc(F)cc1. The smallest absolute Gasteiger partial charge is 0.265 e. The molecule has 3 heterocycles. The fourth-order valence-electron chi connectivity index (χ4n) is 4.93. The summed E-state index contributed by atoms with van der Waals surface area (Å²) >= 11 is 0. The molecule has 0 atom stereocenters. The molecular formula is C31H28FN5O5S. The molecule has 1 fully saturated rings. The van der Waals surface area contributed by atoms with Gasteiger partial charge < -0.3 is 9.47 Å². The van der Waals surface area contributed by atoms with Crippen molar-refractivity contribution < 1.29 is 22.3 Å². The molecule has 1 saturated heterocycles. The third-order valence-corrected chi connectivity index (χ3v) is 8.61. The Balaban J connectivity index is 1.30. The Morgan fingerprint density at radius 2 is 1.70 bits per heavy atom. The van der Waals surface area contributed by atoms with E-state index in [0.717, 1.165) is 50.5 Å². The van der Waals surface area contributed by atoms with Crippen LogP contribution in [-0.2, 0) is 21.3 Å². The fraction of sp³-hybridized carbons (Fsp3) is 0.194. The van der Waals surface area contributed by atoms with Crippen LogP contribution in [0.15, 0.2) is 95.0 Å². The second kappa shape index (κ2) is 11.9. The maximum Gasteiger partial charge on any atom is 0.265 e. The molecule has 1 aliphatic heterocycles. The standard InChI is InChI=1S/C31H28FN5O5S/c1-41-30-29(35-43(39,40)26-9-5-24(32)6-10-26)17-23(18-33-30)22-4-11-28-27(16-22)31(38)37(20-34-28)25-7-2-21(3-8-25)19-36-12-14-42-15-13-36/h2-11,16-18,20,35H,12-15,19H2,1H3. The van der Waals surface area contributed by atoms with Crippen LogP contribution in [0.4, 0.5) is 10.1 Å². The third kappa shape index (κ3) is 6.12. The molecule has 1 aliphatic rings. The van der Waals surface area contributed by atoms with Gasteiger partial charge in [0.25, 0.3) is 15.6 Å². The number of anilines is 1. The van der Waals surface area contributed by atoms with E-state index < -0.39 is 15.8 Å². The van der Waals surface area contributed by atoms with E-state index in [1.54, 1.807) is 24.3 Å². The summed E-state index contributed by atoms with van der Waals surface area (Å²) in [7, 11) is -2.69. The number of aromatic nitrogens is 3. The predicted molar refractivity (Wildman–Crippen MR) is 160 cm³/mol. The van der Waals surface area contributed by atoms with Gasteiger partial charge in [-0.1, -0.05) is 18.2 Å². The van der Waals surface area contributed by atoms with Crippen LogP contribution in [0.2, 0.25) is 0 Å². The number of pyridine rings is 1. The molecule has 1 N–H and O–H groups in total. The van der Waals surface area contributed by atoms with Gasteiger partial charge in [0, 0.05) is 31.4 Å². The van der Waals surface area contributed by atoms with Crippen LogP contribution in [0.5, 0.6) is 5.88 Å². The highest BCUT2D eigenvalue weighted by atomic mass is 32.2. The van der Waals surface area contributed by atoms with Gasteiger partial charge in [0.2, 0.25) is 5.88 Å². The van der Waals surface area contributed by atoms with Gasteiger partial charge in [0.15, 0.2) is 0 Å². The minimum Gasteiger partial charge on any atom is -0.480 e. The number of rotatable bonds is 8. The second-order valence-corrected chi connectivity index (χ2v) is 11.7. The molecule has 0 saturated carbocycles. The van der Waals surface area contributed by atoms with Gasteiger partial charge in [-0.05, 0) is 65.7 Å². The van der Waals surface area contributed by atoms with Crippen molar-refractivity contribution in [1.82, 2.24) is 19.4 Å². The Morgan fingerprint density at radius 3 is 2.42 bits per heavy atom. The number of ether oxygens (including phenoxy) is 2. The number of benzene rings is 3. The van der Waals surface area contributed by atoms with Gasteiger partial charge in [-0.2, -0.15) is 0 Å². The highest BCUT2D eigenvalue weighted by Crippen LogP contribution is 2.31. The maximum atomic E-state index is 13.6. The monoisotopic (exact) mass is 601 g/mol. The van der Waals surface area contributed by atoms with E-state index in [1.807, 2.05) is 24.3 Å². The lowest BCUT2D eigenvalue weighted by atomic mass is 10.0. The van der Waals surface area contributed by atoms with Gasteiger partial charge in [0.05, 0.1) is 41.8 Å². The number of hydrogen-bond acceptors (Lipinski definition) is 8. The Kier molecular flexibility index (Phi) is 7.89. The number of morpholine rings is 1. The largest absolute Gasteiger partial charge is 0.480 e. The molecule has 12 heteroatoms. The molecule has 0 bridgehead atoms. The lowest BCUT2D eigenvalue weighted by Crippen LogP contribution is -2.35. The van der Waals surface area contributed by atoms with E-state index in [2.05, 4.69) is 19.6 Å². The summed E-state index contributed by atoms with van der Waals surface area (Å²) in [5.74, 6) is -0.498. The molecule has 220 valence electrons. The van der Waals surface area contributed by atoms with Crippen LogP contribution >= 0.6 is 0 Å². The van der Waals surface area contributed by atoms with Crippen molar-refractivity contribution in [2.75, 3.05) is 38.1 Å². The van der Waals surface area contributed by atoms with Crippen LogP contribution in [0.3, 0.4) is 0 Å². The lowest BCUT2D eigenvalue weighted by molar-refractivity contribution is 0.0342. The number of halogens is 1. The Labute approximate surface area is 247 Å². The number of sulfonamides is 1. The van der Waals surface area contributed by atoms with Crippen molar-refractivity contribution in [3.63, 3.8) is 0 Å². The van der Waals surface area contributed by atoms with Gasteiger partial charge in [0.1, 0.15) is 17.8 Å². The Hall–Kier alpha value is -4.65. The number of hydrogen-bond donors (Lipinski definition) is 1. The molecular weight excluding hydrogens is 573 g/mol. The van der Waals surface area contributed by atoms with Crippen molar-refractivity contribution in [3.8, 4) is 22.7 Å². The summed E-state index contributed by atoms with van der Waals surface area (Å²) in [5, 5.41) is 0.390. The van der Waals surface area contributed by atoms with Crippen molar-refractivity contribution in [2.24, 2.45) is 0 Å². The summed E-state index contributed by atoms with van der Waals surface area (Å²) < 4.78 is 53.9. The van der Waals surface area contributed by atoms with Crippen LogP contribution in [0.25, 0.3) is 27.7 Å². The molecule has 0 amide bonds. The molecule has 0 radical (unpaired) electrons. The average molecular weight is 602 g/mol. The topological polar surface area (TPSA) is 116 Å². The van der Waals surface area contributed by atoms with Gasteiger partial charge in [-0.15, -0.1) is 0 Å². The predicted octanol–water partition coefficient (Wildman–Crippen LogP) is 4.23. The molecule has 10 nitrogen and oxygen atoms in total. The van der Waals surface area contributed by atoms with Crippen LogP contribution < -0.4 is 15.0 Å². The van der Waals surface area contributed by atoms with E-state index in [4.69, 9.17) is 9.47 Å². The maximum absolute atomic E-state index is 13.6. The first-order valence-electron chi connectivity index (χ1n) is 13.5. The van der Waals surface area contributed by atoms with E-state index in [-0.39, 0.29) is 22.0 Å². The molecule has 0 spiro atoms. The summed E-state index contributed by atoms with van der Waals surface area (Å²) in [5.41, 5.74) is 3.38. The summed E-state index contributed by atoms with van der Waals surface area (Å²) in [6.07, 6.45) is 3.04. The zero-order chi connectivity index (χ0) is 30.0. The molecule has 2 aromatic heterocycles. The minimum atomic E-state index is -4.06. The van der Waals surface area contributed by atoms with Gasteiger partial charge in [-0.25, -0.2) is 22.8 Å². The first-order valence-corrected chi connectivity index (χ1v) is 15.0. The summed E-state index contributed by atoms with van der Waals surface area (Å²) in [6.45, 7) is 4.07. The van der Waals surface area contributed by atoms with Crippen LogP contribution in [0.1, 0.15) is 5.56 Å². The van der Waals surface area contributed by atoms with Crippen molar-refractivity contribution in [2.45, 2.75) is 11.4 Å². The van der Waals surface area contributed by atoms with Crippen molar-refractivity contribution in [1.29, 1.82) is 0 Å². The van der Waals surface area contributed by atoms with E-state index in [1.165, 1.54) is 36.3 Å². The van der Waals surface area contributed by atoms with Gasteiger partial charge >= 0.3 is 0 Å². The fourth-order valence-corrected chi connectivity index (χ4v) is 5.98. The molecule has 0 aliphatic carbocycles. The van der Waals surface area contributed by atoms with E-state index in [0.29, 0.717) is 27.7 Å². The summed E-state index contributed by atoms with van der Waals surface area (Å²) in [4.78, 5) is 24.6. The van der Waals surface area contributed by atoms with E-state index in [9.17, 15) is 17.6 Å². The number of nitrogens with one attached hydrogen (secondary N) is 1. The molecule has 0 unspecified atom stereocenters. The highest BCUT2D eigenvalue weighted by molar-refractivity contribution is 7.92. The highest BCUT2D eigenvalue weighted by Gasteiger charge is 2.19. The van der Waals surface area contributed by atoms with Crippen molar-refractivity contribution in [3.05, 3.63) is 107 Å². The molecule has 43 heavy (non-hydrogen) atoms. The molecule has 3 aromatic carbocycles.